The molecule has 1 fully saturated rings. The number of anilines is 1. The number of carbonyl (C=O) groups is 1. The molecule has 1 saturated heterocycles. The highest BCUT2D eigenvalue weighted by Gasteiger charge is 2.37. The molecule has 1 aromatic carbocycles. The minimum Gasteiger partial charge on any atom is -0.383 e. The Bertz CT molecular complexity index is 1090. The molecule has 31 heavy (non-hydrogen) atoms. The van der Waals surface area contributed by atoms with Crippen molar-refractivity contribution in [1.29, 1.82) is 0 Å². The van der Waals surface area contributed by atoms with Gasteiger partial charge >= 0.3 is 0 Å². The topological polar surface area (TPSA) is 95.8 Å². The molecule has 1 amide bonds. The van der Waals surface area contributed by atoms with E-state index in [-0.39, 0.29) is 23.1 Å². The zero-order chi connectivity index (χ0) is 22.8. The van der Waals surface area contributed by atoms with E-state index in [4.69, 9.17) is 4.52 Å². The number of nitrogens with one attached hydrogen (secondary N) is 1. The average Bonchev–Trinajstić information content (AvgIpc) is 3.10. The second-order valence-corrected chi connectivity index (χ2v) is 10.1. The smallest absolute Gasteiger partial charge is 0.248 e. The van der Waals surface area contributed by atoms with Crippen LogP contribution in [0.1, 0.15) is 35.4 Å². The number of piperidine rings is 1. The Balaban J connectivity index is 1.81. The first kappa shape index (κ1) is 23.0. The number of carbonyl (C=O) groups excluding carboxylic acids is 1. The molecule has 0 bridgehead atoms. The summed E-state index contributed by atoms with van der Waals surface area (Å²) in [5.74, 6) is -0.402. The van der Waals surface area contributed by atoms with Crippen LogP contribution in [0.25, 0.3) is 6.08 Å². The third-order valence-electron chi connectivity index (χ3n) is 5.36. The monoisotopic (exact) mass is 446 g/mol. The number of aromatic nitrogens is 1. The molecular formula is C22H30N4O4S. The van der Waals surface area contributed by atoms with Gasteiger partial charge < -0.3 is 14.7 Å². The number of nitrogens with zero attached hydrogens (tertiary/aromatic N) is 3. The van der Waals surface area contributed by atoms with Crippen molar-refractivity contribution >= 4 is 27.7 Å². The molecule has 8 nitrogen and oxygen atoms in total. The van der Waals surface area contributed by atoms with Gasteiger partial charge in [0.25, 0.3) is 0 Å². The highest BCUT2D eigenvalue weighted by Crippen LogP contribution is 2.29. The number of amides is 1. The van der Waals surface area contributed by atoms with Crippen molar-refractivity contribution in [2.45, 2.75) is 38.5 Å². The van der Waals surface area contributed by atoms with Crippen LogP contribution in [0, 0.1) is 26.7 Å². The summed E-state index contributed by atoms with van der Waals surface area (Å²) in [5, 5.41) is 6.83. The van der Waals surface area contributed by atoms with Gasteiger partial charge in [-0.25, -0.2) is 8.42 Å². The van der Waals surface area contributed by atoms with Crippen molar-refractivity contribution in [2.75, 3.05) is 32.5 Å². The van der Waals surface area contributed by atoms with Crippen molar-refractivity contribution < 1.29 is 17.7 Å². The molecule has 1 atom stereocenters. The van der Waals surface area contributed by atoms with Crippen LogP contribution in [0.5, 0.6) is 0 Å². The molecule has 0 saturated carbocycles. The summed E-state index contributed by atoms with van der Waals surface area (Å²) in [4.78, 5) is 14.8. The van der Waals surface area contributed by atoms with Crippen LogP contribution in [-0.4, -0.2) is 55.9 Å². The molecule has 0 spiro atoms. The van der Waals surface area contributed by atoms with E-state index in [1.165, 1.54) is 4.31 Å². The molecule has 168 valence electrons. The zero-order valence-electron chi connectivity index (χ0n) is 18.7. The maximum Gasteiger partial charge on any atom is 0.248 e. The minimum absolute atomic E-state index is 0.0567. The van der Waals surface area contributed by atoms with E-state index in [9.17, 15) is 13.2 Å². The average molecular weight is 447 g/mol. The van der Waals surface area contributed by atoms with Crippen LogP contribution in [0.15, 0.2) is 33.8 Å². The molecule has 3 rings (SSSR count). The van der Waals surface area contributed by atoms with E-state index in [2.05, 4.69) is 10.5 Å². The lowest BCUT2D eigenvalue weighted by molar-refractivity contribution is -0.120. The minimum atomic E-state index is -3.85. The quantitative estimate of drug-likeness (QED) is 0.732. The summed E-state index contributed by atoms with van der Waals surface area (Å²) < 4.78 is 33.4. The van der Waals surface area contributed by atoms with Crippen LogP contribution in [0.2, 0.25) is 0 Å². The lowest BCUT2D eigenvalue weighted by atomic mass is 9.98. The Hall–Kier alpha value is -2.65. The number of sulfonamides is 1. The number of benzene rings is 1. The van der Waals surface area contributed by atoms with Gasteiger partial charge in [0.2, 0.25) is 15.9 Å². The van der Waals surface area contributed by atoms with Crippen LogP contribution < -0.4 is 5.32 Å². The molecule has 1 aromatic heterocycles. The van der Waals surface area contributed by atoms with Crippen LogP contribution >= 0.6 is 0 Å². The fourth-order valence-corrected chi connectivity index (χ4v) is 5.40. The van der Waals surface area contributed by atoms with E-state index >= 15 is 0 Å². The van der Waals surface area contributed by atoms with E-state index in [0.29, 0.717) is 25.1 Å². The maximum atomic E-state index is 13.4. The maximum absolute atomic E-state index is 13.4. The summed E-state index contributed by atoms with van der Waals surface area (Å²) >= 11 is 0. The Morgan fingerprint density at radius 3 is 2.74 bits per heavy atom. The van der Waals surface area contributed by atoms with Gasteiger partial charge in [0.05, 0.1) is 5.92 Å². The normalized spacial score (nSPS) is 17.8. The van der Waals surface area contributed by atoms with Crippen LogP contribution in [0.3, 0.4) is 0 Å². The predicted molar refractivity (Wildman–Crippen MR) is 120 cm³/mol. The first-order chi connectivity index (χ1) is 14.6. The molecular weight excluding hydrogens is 416 g/mol. The van der Waals surface area contributed by atoms with Gasteiger partial charge in [-0.3, -0.25) is 4.79 Å². The molecule has 9 heteroatoms. The predicted octanol–water partition coefficient (Wildman–Crippen LogP) is 3.17. The van der Waals surface area contributed by atoms with Gasteiger partial charge in [-0.1, -0.05) is 17.3 Å². The highest BCUT2D eigenvalue weighted by atomic mass is 32.2. The second kappa shape index (κ2) is 9.23. The van der Waals surface area contributed by atoms with Crippen LogP contribution in [0.4, 0.5) is 5.69 Å². The van der Waals surface area contributed by atoms with E-state index in [0.717, 1.165) is 16.8 Å². The van der Waals surface area contributed by atoms with Gasteiger partial charge in [-0.05, 0) is 50.8 Å². The summed E-state index contributed by atoms with van der Waals surface area (Å²) in [6.07, 6.45) is 4.53. The zero-order valence-corrected chi connectivity index (χ0v) is 19.5. The highest BCUT2D eigenvalue weighted by molar-refractivity contribution is 7.89. The van der Waals surface area contributed by atoms with E-state index in [1.807, 2.05) is 46.1 Å². The van der Waals surface area contributed by atoms with Crippen molar-refractivity contribution in [2.24, 2.45) is 5.92 Å². The van der Waals surface area contributed by atoms with Crippen molar-refractivity contribution in [3.8, 4) is 0 Å². The molecule has 2 heterocycles. The lowest BCUT2D eigenvalue weighted by Gasteiger charge is -2.31. The van der Waals surface area contributed by atoms with Gasteiger partial charge in [0, 0.05) is 45.1 Å². The summed E-state index contributed by atoms with van der Waals surface area (Å²) in [7, 11) is -0.193. The Morgan fingerprint density at radius 1 is 1.29 bits per heavy atom. The summed E-state index contributed by atoms with van der Waals surface area (Å²) in [6, 6.07) is 5.87. The first-order valence-corrected chi connectivity index (χ1v) is 11.7. The van der Waals surface area contributed by atoms with Gasteiger partial charge in [-0.15, -0.1) is 0 Å². The van der Waals surface area contributed by atoms with Crippen molar-refractivity contribution in [1.82, 2.24) is 14.4 Å². The second-order valence-electron chi connectivity index (χ2n) is 8.25. The van der Waals surface area contributed by atoms with Gasteiger partial charge in [-0.2, -0.15) is 4.31 Å². The standard InChI is InChI=1S/C22H30N4O4S/c1-15-8-9-16(2)19(13-15)23-22(27)18-7-6-11-26(14-18)31(28,29)21-17(3)24-30-20(21)10-12-25(4)5/h8-10,12-13,18H,6-7,11,14H2,1-5H3,(H,23,27)/b12-10+. The molecule has 1 aliphatic rings. The molecule has 1 N–H and O–H groups in total. The Labute approximate surface area is 183 Å². The van der Waals surface area contributed by atoms with Crippen molar-refractivity contribution in [3.63, 3.8) is 0 Å². The molecule has 0 radical (unpaired) electrons. The number of aryl methyl sites for hydroxylation is 3. The molecule has 1 aliphatic heterocycles. The molecule has 0 aliphatic carbocycles. The SMILES string of the molecule is Cc1ccc(C)c(NC(=O)C2CCCN(S(=O)(=O)c3c(C)noc3/C=C/N(C)C)C2)c1. The summed E-state index contributed by atoms with van der Waals surface area (Å²) in [5.41, 5.74) is 3.09. The first-order valence-electron chi connectivity index (χ1n) is 10.3. The lowest BCUT2D eigenvalue weighted by Crippen LogP contribution is -2.44. The fraction of sp³-hybridized carbons (Fsp3) is 0.455. The largest absolute Gasteiger partial charge is 0.383 e. The van der Waals surface area contributed by atoms with E-state index in [1.54, 1.807) is 24.1 Å². The molecule has 2 aromatic rings. The van der Waals surface area contributed by atoms with Gasteiger partial charge in [0.15, 0.2) is 10.7 Å². The number of hydrogen-bond donors (Lipinski definition) is 1. The summed E-state index contributed by atoms with van der Waals surface area (Å²) in [6.45, 7) is 5.99. The van der Waals surface area contributed by atoms with Crippen LogP contribution in [-0.2, 0) is 14.8 Å². The molecule has 1 unspecified atom stereocenters. The Kier molecular flexibility index (Phi) is 6.86. The third kappa shape index (κ3) is 5.16. The third-order valence-corrected chi connectivity index (χ3v) is 7.39. The number of rotatable bonds is 6. The van der Waals surface area contributed by atoms with E-state index < -0.39 is 15.9 Å². The van der Waals surface area contributed by atoms with Crippen molar-refractivity contribution in [3.05, 3.63) is 47.0 Å². The van der Waals surface area contributed by atoms with Gasteiger partial charge in [0.1, 0.15) is 5.69 Å². The fourth-order valence-electron chi connectivity index (χ4n) is 3.62. The number of hydrogen-bond acceptors (Lipinski definition) is 6. The Morgan fingerprint density at radius 2 is 2.03 bits per heavy atom.